The Kier molecular flexibility index (Phi) is 6.25. The quantitative estimate of drug-likeness (QED) is 0.658. The van der Waals surface area contributed by atoms with Gasteiger partial charge in [-0.25, -0.2) is 9.59 Å². The largest absolute Gasteiger partial charge is 0.458 e. The molecule has 27 heavy (non-hydrogen) atoms. The topological polar surface area (TPSA) is 55.8 Å². The molecule has 1 aliphatic heterocycles. The summed E-state index contributed by atoms with van der Waals surface area (Å²) in [6.07, 6.45) is 1.84. The lowest BCUT2D eigenvalue weighted by molar-refractivity contribution is -0.159. The van der Waals surface area contributed by atoms with Crippen molar-refractivity contribution in [2.75, 3.05) is 6.54 Å². The van der Waals surface area contributed by atoms with Crippen molar-refractivity contribution in [2.24, 2.45) is 0 Å². The summed E-state index contributed by atoms with van der Waals surface area (Å²) < 4.78 is 11.0. The van der Waals surface area contributed by atoms with Crippen molar-refractivity contribution in [1.82, 2.24) is 4.90 Å². The van der Waals surface area contributed by atoms with E-state index in [0.29, 0.717) is 18.0 Å². The van der Waals surface area contributed by atoms with Gasteiger partial charge in [0.1, 0.15) is 11.2 Å². The highest BCUT2D eigenvalue weighted by atomic mass is 35.5. The average Bonchev–Trinajstić information content (AvgIpc) is 2.51. The maximum Gasteiger partial charge on any atom is 0.411 e. The number of nitrogens with zero attached hydrogens (tertiary/aromatic N) is 1. The number of halogens is 1. The third-order valence-electron chi connectivity index (χ3n) is 3.79. The molecule has 2 rings (SSSR count). The number of hydrogen-bond acceptors (Lipinski definition) is 4. The van der Waals surface area contributed by atoms with Gasteiger partial charge in [0.05, 0.1) is 0 Å². The molecule has 0 radical (unpaired) electrons. The van der Waals surface area contributed by atoms with Crippen LogP contribution in [0.1, 0.15) is 53.5 Å². The van der Waals surface area contributed by atoms with Gasteiger partial charge in [0.15, 0.2) is 6.04 Å². The Morgan fingerprint density at radius 1 is 1.07 bits per heavy atom. The van der Waals surface area contributed by atoms with Crippen molar-refractivity contribution in [3.05, 3.63) is 40.9 Å². The number of amides is 1. The molecule has 0 fully saturated rings. The number of carbonyl (C=O) groups excluding carboxylic acids is 2. The SMILES string of the molecule is CC(C)(C)OC(=O)[C@H]1C=C(c2cccc(Cl)c2)CCN1C(=O)OC(C)(C)C. The highest BCUT2D eigenvalue weighted by molar-refractivity contribution is 6.30. The number of benzene rings is 1. The summed E-state index contributed by atoms with van der Waals surface area (Å²) in [5, 5.41) is 0.622. The highest BCUT2D eigenvalue weighted by Crippen LogP contribution is 2.29. The van der Waals surface area contributed by atoms with Crippen molar-refractivity contribution in [1.29, 1.82) is 0 Å². The number of rotatable bonds is 2. The molecule has 0 bridgehead atoms. The van der Waals surface area contributed by atoms with Gasteiger partial charge in [-0.15, -0.1) is 0 Å². The van der Waals surface area contributed by atoms with Crippen LogP contribution in [-0.4, -0.2) is 40.8 Å². The number of ether oxygens (including phenoxy) is 2. The van der Waals surface area contributed by atoms with Crippen LogP contribution < -0.4 is 0 Å². The minimum absolute atomic E-state index is 0.358. The minimum Gasteiger partial charge on any atom is -0.458 e. The van der Waals surface area contributed by atoms with Crippen LogP contribution in [0.25, 0.3) is 5.57 Å². The zero-order valence-corrected chi connectivity index (χ0v) is 17.6. The molecular weight excluding hydrogens is 366 g/mol. The van der Waals surface area contributed by atoms with E-state index in [2.05, 4.69) is 0 Å². The van der Waals surface area contributed by atoms with Crippen molar-refractivity contribution in [3.8, 4) is 0 Å². The second-order valence-electron chi connectivity index (χ2n) is 8.60. The Morgan fingerprint density at radius 3 is 2.26 bits per heavy atom. The summed E-state index contributed by atoms with van der Waals surface area (Å²) in [6.45, 7) is 11.1. The molecule has 1 aromatic carbocycles. The molecule has 1 amide bonds. The van der Waals surface area contributed by atoms with Crippen LogP contribution in [0.5, 0.6) is 0 Å². The molecule has 0 saturated heterocycles. The molecule has 0 spiro atoms. The van der Waals surface area contributed by atoms with E-state index in [-0.39, 0.29) is 0 Å². The molecule has 1 atom stereocenters. The van der Waals surface area contributed by atoms with Gasteiger partial charge in [-0.3, -0.25) is 4.90 Å². The molecule has 0 aromatic heterocycles. The van der Waals surface area contributed by atoms with Gasteiger partial charge in [-0.2, -0.15) is 0 Å². The Hall–Kier alpha value is -2.01. The summed E-state index contributed by atoms with van der Waals surface area (Å²) >= 11 is 6.10. The minimum atomic E-state index is -0.846. The molecule has 6 heteroatoms. The first-order valence-electron chi connectivity index (χ1n) is 9.05. The van der Waals surface area contributed by atoms with E-state index in [1.807, 2.05) is 18.2 Å². The van der Waals surface area contributed by atoms with Crippen molar-refractivity contribution >= 4 is 29.2 Å². The fourth-order valence-electron chi connectivity index (χ4n) is 2.76. The average molecular weight is 394 g/mol. The Morgan fingerprint density at radius 2 is 1.70 bits per heavy atom. The molecule has 148 valence electrons. The summed E-state index contributed by atoms with van der Waals surface area (Å²) in [5.41, 5.74) is 0.582. The second kappa shape index (κ2) is 7.93. The normalized spacial score (nSPS) is 18.0. The van der Waals surface area contributed by atoms with Crippen LogP contribution in [-0.2, 0) is 14.3 Å². The fourth-order valence-corrected chi connectivity index (χ4v) is 2.95. The lowest BCUT2D eigenvalue weighted by Crippen LogP contribution is -2.50. The number of carbonyl (C=O) groups is 2. The summed E-state index contributed by atoms with van der Waals surface area (Å²) in [5.74, 6) is -0.479. The summed E-state index contributed by atoms with van der Waals surface area (Å²) in [7, 11) is 0. The Labute approximate surface area is 166 Å². The van der Waals surface area contributed by atoms with Crippen molar-refractivity contribution < 1.29 is 19.1 Å². The van der Waals surface area contributed by atoms with Crippen LogP contribution in [0.2, 0.25) is 5.02 Å². The molecule has 0 N–H and O–H groups in total. The van der Waals surface area contributed by atoms with Crippen molar-refractivity contribution in [3.63, 3.8) is 0 Å². The second-order valence-corrected chi connectivity index (χ2v) is 9.04. The standard InChI is InChI=1S/C21H28ClNO4/c1-20(2,3)26-18(24)17-13-15(14-8-7-9-16(22)12-14)10-11-23(17)19(25)27-21(4,5)6/h7-9,12-13,17H,10-11H2,1-6H3/t17-/m1/s1. The number of hydrogen-bond donors (Lipinski definition) is 0. The Balaban J connectivity index is 2.36. The first-order chi connectivity index (χ1) is 12.4. The first kappa shape index (κ1) is 21.3. The maximum atomic E-state index is 12.8. The van der Waals surface area contributed by atoms with E-state index in [4.69, 9.17) is 21.1 Å². The monoisotopic (exact) mass is 393 g/mol. The van der Waals surface area contributed by atoms with Gasteiger partial charge < -0.3 is 9.47 Å². The molecule has 1 heterocycles. The van der Waals surface area contributed by atoms with Crippen LogP contribution in [0.4, 0.5) is 4.79 Å². The third kappa shape index (κ3) is 6.28. The van der Waals surface area contributed by atoms with E-state index < -0.39 is 29.3 Å². The van der Waals surface area contributed by atoms with Crippen molar-refractivity contribution in [2.45, 2.75) is 65.2 Å². The first-order valence-corrected chi connectivity index (χ1v) is 9.43. The van der Waals surface area contributed by atoms with Crippen LogP contribution in [0.15, 0.2) is 30.3 Å². The third-order valence-corrected chi connectivity index (χ3v) is 4.02. The number of esters is 1. The molecule has 1 aromatic rings. The Bertz CT molecular complexity index is 743. The predicted molar refractivity (Wildman–Crippen MR) is 107 cm³/mol. The lowest BCUT2D eigenvalue weighted by atomic mass is 9.96. The van der Waals surface area contributed by atoms with E-state index in [1.54, 1.807) is 53.7 Å². The van der Waals surface area contributed by atoms with E-state index >= 15 is 0 Å². The van der Waals surface area contributed by atoms with E-state index in [1.165, 1.54) is 4.90 Å². The van der Waals surface area contributed by atoms with Gasteiger partial charge in [0, 0.05) is 11.6 Å². The smallest absolute Gasteiger partial charge is 0.411 e. The van der Waals surface area contributed by atoms with Gasteiger partial charge >= 0.3 is 12.1 Å². The zero-order valence-electron chi connectivity index (χ0n) is 16.8. The predicted octanol–water partition coefficient (Wildman–Crippen LogP) is 5.07. The fraction of sp³-hybridized carbons (Fsp3) is 0.524. The van der Waals surface area contributed by atoms with Crippen LogP contribution in [0.3, 0.4) is 0 Å². The van der Waals surface area contributed by atoms with Gasteiger partial charge in [0.2, 0.25) is 0 Å². The van der Waals surface area contributed by atoms with E-state index in [9.17, 15) is 9.59 Å². The highest BCUT2D eigenvalue weighted by Gasteiger charge is 2.37. The van der Waals surface area contributed by atoms with E-state index in [0.717, 1.165) is 11.1 Å². The summed E-state index contributed by atoms with van der Waals surface area (Å²) in [4.78, 5) is 26.9. The van der Waals surface area contributed by atoms with Gasteiger partial charge in [0.25, 0.3) is 0 Å². The maximum absolute atomic E-state index is 12.8. The lowest BCUT2D eigenvalue weighted by Gasteiger charge is -2.35. The molecular formula is C21H28ClNO4. The van der Waals surface area contributed by atoms with Gasteiger partial charge in [-0.1, -0.05) is 23.7 Å². The molecule has 0 saturated carbocycles. The van der Waals surface area contributed by atoms with Crippen LogP contribution in [0, 0.1) is 0 Å². The molecule has 1 aliphatic rings. The van der Waals surface area contributed by atoms with Crippen LogP contribution >= 0.6 is 11.6 Å². The zero-order chi connectivity index (χ0) is 20.4. The molecule has 5 nitrogen and oxygen atoms in total. The molecule has 0 aliphatic carbocycles. The summed E-state index contributed by atoms with van der Waals surface area (Å²) in [6, 6.07) is 6.60. The molecule has 0 unspecified atom stereocenters. The van der Waals surface area contributed by atoms with Gasteiger partial charge in [-0.05, 0) is 77.3 Å².